The molecule has 4 rings (SSSR count). The molecule has 1 heterocycles. The van der Waals surface area contributed by atoms with Crippen molar-refractivity contribution in [1.82, 2.24) is 10.2 Å². The van der Waals surface area contributed by atoms with E-state index in [1.165, 1.54) is 0 Å². The number of hydrogen-bond donors (Lipinski definition) is 2. The molecule has 3 aromatic carbocycles. The fraction of sp³-hybridized carbons (Fsp3) is 0.292. The molecule has 0 atom stereocenters. The van der Waals surface area contributed by atoms with Crippen molar-refractivity contribution in [1.29, 1.82) is 0 Å². The second kappa shape index (κ2) is 10.2. The lowest BCUT2D eigenvalue weighted by molar-refractivity contribution is 0.101. The number of nitrogens with zero attached hydrogens (tertiary/aromatic N) is 1. The number of hydrogen-bond acceptors (Lipinski definition) is 3. The molecule has 2 N–H and O–H groups in total. The molecule has 31 heavy (non-hydrogen) atoms. The van der Waals surface area contributed by atoms with E-state index in [1.54, 1.807) is 12.1 Å². The number of rotatable bonds is 6. The molecule has 0 unspecified atom stereocenters. The number of urea groups is 1. The van der Waals surface area contributed by atoms with Crippen LogP contribution < -0.4 is 15.4 Å². The average Bonchev–Trinajstić information content (AvgIpc) is 2.78. The number of carbonyl (C=O) groups excluding carboxylic acids is 1. The van der Waals surface area contributed by atoms with Crippen LogP contribution in [0.25, 0.3) is 10.8 Å². The number of likely N-dealkylation sites (tertiary alicyclic amines) is 1. The van der Waals surface area contributed by atoms with E-state index in [9.17, 15) is 4.79 Å². The highest BCUT2D eigenvalue weighted by molar-refractivity contribution is 6.42. The highest BCUT2D eigenvalue weighted by Crippen LogP contribution is 2.28. The van der Waals surface area contributed by atoms with E-state index in [0.717, 1.165) is 54.7 Å². The van der Waals surface area contributed by atoms with Gasteiger partial charge in [-0.1, -0.05) is 59.6 Å². The van der Waals surface area contributed by atoms with Crippen LogP contribution >= 0.6 is 23.2 Å². The molecule has 0 saturated carbocycles. The predicted octanol–water partition coefficient (Wildman–Crippen LogP) is 5.81. The van der Waals surface area contributed by atoms with Crippen LogP contribution in [-0.2, 0) is 0 Å². The maximum Gasteiger partial charge on any atom is 0.319 e. The van der Waals surface area contributed by atoms with Crippen LogP contribution in [0.5, 0.6) is 5.75 Å². The maximum atomic E-state index is 12.3. The zero-order chi connectivity index (χ0) is 21.6. The Kier molecular flexibility index (Phi) is 7.17. The van der Waals surface area contributed by atoms with E-state index in [2.05, 4.69) is 15.5 Å². The zero-order valence-corrected chi connectivity index (χ0v) is 18.6. The molecule has 2 amide bonds. The summed E-state index contributed by atoms with van der Waals surface area (Å²) in [5, 5.41) is 9.08. The molecule has 0 aromatic heterocycles. The van der Waals surface area contributed by atoms with Crippen LogP contribution in [0.3, 0.4) is 0 Å². The largest absolute Gasteiger partial charge is 0.490 e. The fourth-order valence-electron chi connectivity index (χ4n) is 3.82. The molecular weight excluding hydrogens is 433 g/mol. The number of halogens is 2. The SMILES string of the molecule is O=C(NCCN1CCC(Oc2ccc(Cl)c(Cl)c2)CC1)Nc1cccc2ccccc12. The number of carbonyl (C=O) groups is 1. The van der Waals surface area contributed by atoms with Crippen LogP contribution in [0.15, 0.2) is 60.7 Å². The Labute approximate surface area is 192 Å². The number of anilines is 1. The molecule has 1 saturated heterocycles. The van der Waals surface area contributed by atoms with Crippen molar-refractivity contribution in [2.75, 3.05) is 31.5 Å². The lowest BCUT2D eigenvalue weighted by atomic mass is 10.1. The van der Waals surface area contributed by atoms with Gasteiger partial charge in [0.2, 0.25) is 0 Å². The zero-order valence-electron chi connectivity index (χ0n) is 17.1. The van der Waals surface area contributed by atoms with E-state index in [0.29, 0.717) is 16.6 Å². The minimum atomic E-state index is -0.186. The molecule has 7 heteroatoms. The summed E-state index contributed by atoms with van der Waals surface area (Å²) >= 11 is 12.0. The third-order valence-electron chi connectivity index (χ3n) is 5.48. The van der Waals surface area contributed by atoms with Gasteiger partial charge in [0.25, 0.3) is 0 Å². The highest BCUT2D eigenvalue weighted by Gasteiger charge is 2.20. The van der Waals surface area contributed by atoms with Gasteiger partial charge in [0, 0.05) is 37.6 Å². The first-order valence-corrected chi connectivity index (χ1v) is 11.2. The normalized spacial score (nSPS) is 15.0. The summed E-state index contributed by atoms with van der Waals surface area (Å²) in [4.78, 5) is 14.7. The van der Waals surface area contributed by atoms with Crippen LogP contribution in [0, 0.1) is 0 Å². The molecule has 0 spiro atoms. The van der Waals surface area contributed by atoms with Gasteiger partial charge < -0.3 is 20.3 Å². The average molecular weight is 458 g/mol. The van der Waals surface area contributed by atoms with Crippen molar-refractivity contribution in [3.8, 4) is 5.75 Å². The van der Waals surface area contributed by atoms with Crippen LogP contribution in [0.4, 0.5) is 10.5 Å². The second-order valence-corrected chi connectivity index (χ2v) is 8.46. The molecule has 0 aliphatic carbocycles. The van der Waals surface area contributed by atoms with E-state index in [4.69, 9.17) is 27.9 Å². The first kappa shape index (κ1) is 21.8. The van der Waals surface area contributed by atoms with Crippen molar-refractivity contribution in [3.63, 3.8) is 0 Å². The van der Waals surface area contributed by atoms with Crippen molar-refractivity contribution >= 4 is 45.7 Å². The van der Waals surface area contributed by atoms with E-state index >= 15 is 0 Å². The van der Waals surface area contributed by atoms with Gasteiger partial charge >= 0.3 is 6.03 Å². The van der Waals surface area contributed by atoms with E-state index < -0.39 is 0 Å². The smallest absolute Gasteiger partial charge is 0.319 e. The number of ether oxygens (including phenoxy) is 1. The minimum Gasteiger partial charge on any atom is -0.490 e. The first-order valence-electron chi connectivity index (χ1n) is 10.5. The molecule has 0 bridgehead atoms. The lowest BCUT2D eigenvalue weighted by Crippen LogP contribution is -2.42. The molecule has 1 aliphatic heterocycles. The fourth-order valence-corrected chi connectivity index (χ4v) is 4.11. The lowest BCUT2D eigenvalue weighted by Gasteiger charge is -2.32. The third kappa shape index (κ3) is 5.82. The Bertz CT molecular complexity index is 1050. The van der Waals surface area contributed by atoms with Crippen LogP contribution in [0.2, 0.25) is 10.0 Å². The summed E-state index contributed by atoms with van der Waals surface area (Å²) in [5.74, 6) is 0.750. The third-order valence-corrected chi connectivity index (χ3v) is 6.22. The van der Waals surface area contributed by atoms with Gasteiger partial charge in [0.1, 0.15) is 11.9 Å². The Balaban J connectivity index is 1.18. The van der Waals surface area contributed by atoms with Crippen LogP contribution in [0.1, 0.15) is 12.8 Å². The highest BCUT2D eigenvalue weighted by atomic mass is 35.5. The minimum absolute atomic E-state index is 0.163. The number of amides is 2. The molecule has 162 valence electrons. The summed E-state index contributed by atoms with van der Waals surface area (Å²) in [6, 6.07) is 19.1. The van der Waals surface area contributed by atoms with Crippen molar-refractivity contribution in [2.24, 2.45) is 0 Å². The Morgan fingerprint density at radius 3 is 2.58 bits per heavy atom. The van der Waals surface area contributed by atoms with Crippen LogP contribution in [-0.4, -0.2) is 43.2 Å². The Morgan fingerprint density at radius 2 is 1.77 bits per heavy atom. The summed E-state index contributed by atoms with van der Waals surface area (Å²) in [6.07, 6.45) is 2.03. The first-order chi connectivity index (χ1) is 15.1. The number of benzene rings is 3. The van der Waals surface area contributed by atoms with Gasteiger partial charge in [-0.3, -0.25) is 0 Å². The molecular formula is C24H25Cl2N3O2. The summed E-state index contributed by atoms with van der Waals surface area (Å²) in [7, 11) is 0. The Morgan fingerprint density at radius 1 is 1.00 bits per heavy atom. The summed E-state index contributed by atoms with van der Waals surface area (Å²) in [5.41, 5.74) is 0.816. The van der Waals surface area contributed by atoms with Gasteiger partial charge in [-0.05, 0) is 36.4 Å². The van der Waals surface area contributed by atoms with E-state index in [1.807, 2.05) is 48.5 Å². The van der Waals surface area contributed by atoms with Gasteiger partial charge in [0.05, 0.1) is 15.7 Å². The van der Waals surface area contributed by atoms with Gasteiger partial charge in [-0.2, -0.15) is 0 Å². The molecule has 0 radical (unpaired) electrons. The van der Waals surface area contributed by atoms with Gasteiger partial charge in [-0.25, -0.2) is 4.79 Å². The topological polar surface area (TPSA) is 53.6 Å². The number of fused-ring (bicyclic) bond motifs is 1. The van der Waals surface area contributed by atoms with Crippen molar-refractivity contribution < 1.29 is 9.53 Å². The summed E-state index contributed by atoms with van der Waals surface area (Å²) in [6.45, 7) is 3.26. The quantitative estimate of drug-likeness (QED) is 0.490. The van der Waals surface area contributed by atoms with Crippen molar-refractivity contribution in [2.45, 2.75) is 18.9 Å². The van der Waals surface area contributed by atoms with Gasteiger partial charge in [0.15, 0.2) is 0 Å². The van der Waals surface area contributed by atoms with Crippen molar-refractivity contribution in [3.05, 3.63) is 70.7 Å². The van der Waals surface area contributed by atoms with Gasteiger partial charge in [-0.15, -0.1) is 0 Å². The standard InChI is InChI=1S/C24H25Cl2N3O2/c25-21-9-8-19(16-22(21)26)31-18-10-13-29(14-11-18)15-12-27-24(30)28-23-7-3-5-17-4-1-2-6-20(17)23/h1-9,16,18H,10-15H2,(H2,27,28,30). The maximum absolute atomic E-state index is 12.3. The predicted molar refractivity (Wildman–Crippen MR) is 128 cm³/mol. The molecule has 3 aromatic rings. The molecule has 5 nitrogen and oxygen atoms in total. The summed E-state index contributed by atoms with van der Waals surface area (Å²) < 4.78 is 6.03. The number of piperidine rings is 1. The molecule has 1 aliphatic rings. The van der Waals surface area contributed by atoms with E-state index in [-0.39, 0.29) is 12.1 Å². The molecule has 1 fully saturated rings. The number of nitrogens with one attached hydrogen (secondary N) is 2. The monoisotopic (exact) mass is 457 g/mol. The second-order valence-electron chi connectivity index (χ2n) is 7.64. The Hall–Kier alpha value is -2.47.